The Bertz CT molecular complexity index is 540. The molecule has 0 aliphatic carbocycles. The lowest BCUT2D eigenvalue weighted by Gasteiger charge is -2.16. The molecule has 250 valence electrons. The summed E-state index contributed by atoms with van der Waals surface area (Å²) >= 11 is 0. The van der Waals surface area contributed by atoms with Gasteiger partial charge < -0.3 is 9.47 Å². The van der Waals surface area contributed by atoms with E-state index in [4.69, 9.17) is 9.47 Å². The van der Waals surface area contributed by atoms with Crippen molar-refractivity contribution >= 4 is 11.9 Å². The first-order valence-electron chi connectivity index (χ1n) is 18.8. The zero-order valence-electron chi connectivity index (χ0n) is 29.2. The van der Waals surface area contributed by atoms with E-state index in [1.54, 1.807) is 0 Å². The SMILES string of the molecule is CCCCCCC(CCCC)C(=O)OCCCCCCC(C)CCCCCCOC(=O)C(CCCC)CCCCCC. The molecule has 0 saturated heterocycles. The second kappa shape index (κ2) is 31.4. The zero-order chi connectivity index (χ0) is 31.1. The van der Waals surface area contributed by atoms with Crippen LogP contribution in [-0.4, -0.2) is 25.2 Å². The van der Waals surface area contributed by atoms with Crippen LogP contribution in [0.2, 0.25) is 0 Å². The predicted molar refractivity (Wildman–Crippen MR) is 181 cm³/mol. The highest BCUT2D eigenvalue weighted by Crippen LogP contribution is 2.21. The Morgan fingerprint density at radius 2 is 0.714 bits per heavy atom. The van der Waals surface area contributed by atoms with E-state index in [1.807, 2.05) is 0 Å². The van der Waals surface area contributed by atoms with Crippen LogP contribution in [-0.2, 0) is 19.1 Å². The van der Waals surface area contributed by atoms with Gasteiger partial charge in [0, 0.05) is 0 Å². The van der Waals surface area contributed by atoms with Crippen molar-refractivity contribution in [2.24, 2.45) is 17.8 Å². The first-order valence-corrected chi connectivity index (χ1v) is 18.8. The van der Waals surface area contributed by atoms with Gasteiger partial charge in [0.1, 0.15) is 0 Å². The third kappa shape index (κ3) is 25.4. The summed E-state index contributed by atoms with van der Waals surface area (Å²) in [7, 11) is 0. The Hall–Kier alpha value is -1.06. The molecule has 4 heteroatoms. The van der Waals surface area contributed by atoms with Crippen LogP contribution in [0, 0.1) is 17.8 Å². The monoisotopic (exact) mass is 595 g/mol. The van der Waals surface area contributed by atoms with E-state index in [0.717, 1.165) is 95.8 Å². The third-order valence-corrected chi connectivity index (χ3v) is 8.96. The molecule has 0 aliphatic heterocycles. The number of rotatable bonds is 32. The molecule has 0 N–H and O–H groups in total. The van der Waals surface area contributed by atoms with Crippen LogP contribution < -0.4 is 0 Å². The number of hydrogen-bond acceptors (Lipinski definition) is 4. The lowest BCUT2D eigenvalue weighted by molar-refractivity contribution is -0.150. The van der Waals surface area contributed by atoms with E-state index < -0.39 is 0 Å². The molecule has 0 aromatic heterocycles. The van der Waals surface area contributed by atoms with Crippen LogP contribution in [0.5, 0.6) is 0 Å². The summed E-state index contributed by atoms with van der Waals surface area (Å²) in [6, 6.07) is 0. The minimum absolute atomic E-state index is 0.0562. The molecule has 4 nitrogen and oxygen atoms in total. The molecule has 0 rings (SSSR count). The predicted octanol–water partition coefficient (Wildman–Crippen LogP) is 12.2. The van der Waals surface area contributed by atoms with E-state index in [1.165, 1.54) is 77.0 Å². The molecule has 0 radical (unpaired) electrons. The van der Waals surface area contributed by atoms with Gasteiger partial charge in [-0.3, -0.25) is 9.59 Å². The van der Waals surface area contributed by atoms with Gasteiger partial charge in [-0.05, 0) is 44.4 Å². The Morgan fingerprint density at radius 1 is 0.405 bits per heavy atom. The largest absolute Gasteiger partial charge is 0.465 e. The summed E-state index contributed by atoms with van der Waals surface area (Å²) in [6.07, 6.45) is 30.3. The van der Waals surface area contributed by atoms with Crippen molar-refractivity contribution in [2.75, 3.05) is 13.2 Å². The van der Waals surface area contributed by atoms with Crippen molar-refractivity contribution in [3.8, 4) is 0 Å². The fourth-order valence-corrected chi connectivity index (χ4v) is 5.92. The summed E-state index contributed by atoms with van der Waals surface area (Å²) in [6.45, 7) is 12.4. The van der Waals surface area contributed by atoms with E-state index in [0.29, 0.717) is 13.2 Å². The Labute approximate surface area is 263 Å². The number of unbranched alkanes of at least 4 members (excludes halogenated alkanes) is 14. The van der Waals surface area contributed by atoms with Gasteiger partial charge in [0.05, 0.1) is 25.0 Å². The quantitative estimate of drug-likeness (QED) is 0.0574. The lowest BCUT2D eigenvalue weighted by Crippen LogP contribution is -2.18. The van der Waals surface area contributed by atoms with Gasteiger partial charge in [0.25, 0.3) is 0 Å². The molecule has 0 bridgehead atoms. The summed E-state index contributed by atoms with van der Waals surface area (Å²) in [4.78, 5) is 25.1. The van der Waals surface area contributed by atoms with Crippen molar-refractivity contribution in [3.63, 3.8) is 0 Å². The van der Waals surface area contributed by atoms with Crippen LogP contribution in [0.15, 0.2) is 0 Å². The van der Waals surface area contributed by atoms with E-state index in [9.17, 15) is 9.59 Å². The standard InChI is InChI=1S/C38H74O4/c1-6-10-14-22-30-35(28-12-8-3)37(39)41-32-24-18-16-20-26-34(5)27-21-17-19-25-33-42-38(40)36(29-13-9-4)31-23-15-11-7-2/h34-36H,6-33H2,1-5H3. The van der Waals surface area contributed by atoms with Crippen molar-refractivity contribution in [1.29, 1.82) is 0 Å². The van der Waals surface area contributed by atoms with E-state index in [2.05, 4.69) is 34.6 Å². The molecule has 42 heavy (non-hydrogen) atoms. The van der Waals surface area contributed by atoms with Crippen LogP contribution in [0.3, 0.4) is 0 Å². The van der Waals surface area contributed by atoms with Crippen molar-refractivity contribution < 1.29 is 19.1 Å². The molecule has 0 saturated carbocycles. The fraction of sp³-hybridized carbons (Fsp3) is 0.947. The summed E-state index contributed by atoms with van der Waals surface area (Å²) in [5.74, 6) is 1.12. The van der Waals surface area contributed by atoms with Gasteiger partial charge in [-0.25, -0.2) is 0 Å². The Balaban J connectivity index is 3.81. The Morgan fingerprint density at radius 3 is 1.10 bits per heavy atom. The fourth-order valence-electron chi connectivity index (χ4n) is 5.92. The molecule has 0 aromatic carbocycles. The van der Waals surface area contributed by atoms with Gasteiger partial charge in [-0.1, -0.05) is 163 Å². The number of carbonyl (C=O) groups excluding carboxylic acids is 2. The van der Waals surface area contributed by atoms with Crippen LogP contribution in [0.25, 0.3) is 0 Å². The highest BCUT2D eigenvalue weighted by molar-refractivity contribution is 5.72. The molecule has 0 aromatic rings. The van der Waals surface area contributed by atoms with E-state index >= 15 is 0 Å². The number of hydrogen-bond donors (Lipinski definition) is 0. The average Bonchev–Trinajstić information content (AvgIpc) is 2.99. The first kappa shape index (κ1) is 40.9. The molecular formula is C38H74O4. The van der Waals surface area contributed by atoms with Gasteiger partial charge in [0.2, 0.25) is 0 Å². The average molecular weight is 595 g/mol. The maximum absolute atomic E-state index is 12.6. The maximum atomic E-state index is 12.6. The van der Waals surface area contributed by atoms with Crippen LogP contribution >= 0.6 is 0 Å². The number of ether oxygens (including phenoxy) is 2. The number of esters is 2. The van der Waals surface area contributed by atoms with Crippen molar-refractivity contribution in [1.82, 2.24) is 0 Å². The molecule has 2 unspecified atom stereocenters. The first-order chi connectivity index (χ1) is 20.5. The highest BCUT2D eigenvalue weighted by Gasteiger charge is 2.20. The molecule has 0 heterocycles. The van der Waals surface area contributed by atoms with Crippen molar-refractivity contribution in [3.05, 3.63) is 0 Å². The van der Waals surface area contributed by atoms with Crippen molar-refractivity contribution in [2.45, 2.75) is 202 Å². The minimum Gasteiger partial charge on any atom is -0.465 e. The summed E-state index contributed by atoms with van der Waals surface area (Å²) in [5.41, 5.74) is 0. The molecule has 0 amide bonds. The molecule has 2 atom stereocenters. The van der Waals surface area contributed by atoms with Crippen LogP contribution in [0.4, 0.5) is 0 Å². The van der Waals surface area contributed by atoms with Gasteiger partial charge in [0.15, 0.2) is 0 Å². The topological polar surface area (TPSA) is 52.6 Å². The lowest BCUT2D eigenvalue weighted by atomic mass is 9.95. The summed E-state index contributed by atoms with van der Waals surface area (Å²) < 4.78 is 11.4. The molecular weight excluding hydrogens is 520 g/mol. The normalized spacial score (nSPS) is 13.5. The molecule has 0 spiro atoms. The van der Waals surface area contributed by atoms with E-state index in [-0.39, 0.29) is 23.8 Å². The maximum Gasteiger partial charge on any atom is 0.308 e. The number of carbonyl (C=O) groups is 2. The minimum atomic E-state index is 0.0562. The highest BCUT2D eigenvalue weighted by atomic mass is 16.5. The smallest absolute Gasteiger partial charge is 0.308 e. The molecule has 0 aliphatic rings. The van der Waals surface area contributed by atoms with Crippen LogP contribution in [0.1, 0.15) is 202 Å². The Kier molecular flexibility index (Phi) is 30.6. The molecule has 0 fully saturated rings. The van der Waals surface area contributed by atoms with Gasteiger partial charge >= 0.3 is 11.9 Å². The third-order valence-electron chi connectivity index (χ3n) is 8.96. The van der Waals surface area contributed by atoms with Gasteiger partial charge in [-0.15, -0.1) is 0 Å². The van der Waals surface area contributed by atoms with Gasteiger partial charge in [-0.2, -0.15) is 0 Å². The zero-order valence-corrected chi connectivity index (χ0v) is 29.2. The summed E-state index contributed by atoms with van der Waals surface area (Å²) in [5, 5.41) is 0. The second-order valence-electron chi connectivity index (χ2n) is 13.2. The second-order valence-corrected chi connectivity index (χ2v) is 13.2.